The van der Waals surface area contributed by atoms with Gasteiger partial charge >= 0.3 is 6.03 Å². The summed E-state index contributed by atoms with van der Waals surface area (Å²) in [6, 6.07) is 14.4. The molecule has 8 heteroatoms. The zero-order chi connectivity index (χ0) is 19.8. The Hall–Kier alpha value is -2.97. The smallest absolute Gasteiger partial charge is 0.319 e. The molecule has 0 aliphatic carbocycles. The molecule has 0 heterocycles. The Labute approximate surface area is 158 Å². The van der Waals surface area contributed by atoms with Gasteiger partial charge in [0, 0.05) is 36.8 Å². The number of carbonyl (C=O) groups excluding carboxylic acids is 1. The largest absolute Gasteiger partial charge is 0.388 e. The van der Waals surface area contributed by atoms with E-state index in [-0.39, 0.29) is 18.2 Å². The summed E-state index contributed by atoms with van der Waals surface area (Å²) < 4.78 is 0. The van der Waals surface area contributed by atoms with E-state index in [9.17, 15) is 20.0 Å². The lowest BCUT2D eigenvalue weighted by molar-refractivity contribution is -0.384. The number of hydrogen-bond acceptors (Lipinski definition) is 5. The number of benzene rings is 2. The van der Waals surface area contributed by atoms with Gasteiger partial charge in [0.2, 0.25) is 0 Å². The molecule has 2 aromatic rings. The third-order valence-electron chi connectivity index (χ3n) is 4.05. The first-order valence-electron chi connectivity index (χ1n) is 8.54. The molecule has 2 aromatic carbocycles. The van der Waals surface area contributed by atoms with Gasteiger partial charge in [0.05, 0.1) is 11.0 Å². The first-order valence-corrected chi connectivity index (χ1v) is 8.54. The molecule has 0 aliphatic rings. The number of rotatable bonds is 8. The lowest BCUT2D eigenvalue weighted by Gasteiger charge is -2.26. The van der Waals surface area contributed by atoms with E-state index in [1.165, 1.54) is 24.3 Å². The van der Waals surface area contributed by atoms with Crippen molar-refractivity contribution in [2.45, 2.75) is 6.10 Å². The summed E-state index contributed by atoms with van der Waals surface area (Å²) in [5, 5.41) is 26.7. The third-order valence-corrected chi connectivity index (χ3v) is 4.05. The number of urea groups is 1. The molecule has 0 fully saturated rings. The Morgan fingerprint density at radius 1 is 1.15 bits per heavy atom. The van der Waals surface area contributed by atoms with Gasteiger partial charge in [0.25, 0.3) is 5.69 Å². The zero-order valence-electron chi connectivity index (χ0n) is 15.3. The zero-order valence-corrected chi connectivity index (χ0v) is 15.3. The summed E-state index contributed by atoms with van der Waals surface area (Å²) in [6.07, 6.45) is -0.715. The molecule has 0 saturated heterocycles. The van der Waals surface area contributed by atoms with Crippen molar-refractivity contribution in [3.05, 3.63) is 70.3 Å². The second kappa shape index (κ2) is 9.65. The Kier molecular flexibility index (Phi) is 7.27. The van der Waals surface area contributed by atoms with Gasteiger partial charge in [-0.15, -0.1) is 0 Å². The van der Waals surface area contributed by atoms with Gasteiger partial charge in [-0.25, -0.2) is 4.79 Å². The molecule has 8 nitrogen and oxygen atoms in total. The lowest BCUT2D eigenvalue weighted by atomic mass is 9.95. The van der Waals surface area contributed by atoms with Gasteiger partial charge in [0.15, 0.2) is 0 Å². The van der Waals surface area contributed by atoms with Gasteiger partial charge in [-0.3, -0.25) is 10.1 Å². The van der Waals surface area contributed by atoms with E-state index in [0.29, 0.717) is 12.2 Å². The summed E-state index contributed by atoms with van der Waals surface area (Å²) in [4.78, 5) is 24.2. The van der Waals surface area contributed by atoms with Crippen LogP contribution in [-0.2, 0) is 0 Å². The molecule has 0 aromatic heterocycles. The van der Waals surface area contributed by atoms with Crippen LogP contribution in [0.3, 0.4) is 0 Å². The summed E-state index contributed by atoms with van der Waals surface area (Å²) >= 11 is 0. The maximum Gasteiger partial charge on any atom is 0.319 e. The fourth-order valence-electron chi connectivity index (χ4n) is 2.73. The Balaban J connectivity index is 1.95. The van der Waals surface area contributed by atoms with Crippen molar-refractivity contribution in [2.24, 2.45) is 5.92 Å². The molecule has 2 atom stereocenters. The van der Waals surface area contributed by atoms with Gasteiger partial charge < -0.3 is 20.6 Å². The van der Waals surface area contributed by atoms with Crippen molar-refractivity contribution in [3.63, 3.8) is 0 Å². The molecule has 0 spiro atoms. The van der Waals surface area contributed by atoms with E-state index in [0.717, 1.165) is 5.56 Å². The minimum absolute atomic E-state index is 0.0435. The van der Waals surface area contributed by atoms with Crippen molar-refractivity contribution >= 4 is 17.4 Å². The summed E-state index contributed by atoms with van der Waals surface area (Å²) in [5.41, 5.74) is 1.20. The number of nitrogens with one attached hydrogen (secondary N) is 2. The maximum atomic E-state index is 12.1. The molecule has 0 unspecified atom stereocenters. The van der Waals surface area contributed by atoms with Crippen LogP contribution in [0.5, 0.6) is 0 Å². The topological polar surface area (TPSA) is 108 Å². The van der Waals surface area contributed by atoms with E-state index < -0.39 is 17.1 Å². The number of anilines is 1. The average Bonchev–Trinajstić information content (AvgIpc) is 2.65. The van der Waals surface area contributed by atoms with Crippen LogP contribution in [0.15, 0.2) is 54.6 Å². The van der Waals surface area contributed by atoms with Gasteiger partial charge in [0.1, 0.15) is 0 Å². The van der Waals surface area contributed by atoms with Crippen molar-refractivity contribution < 1.29 is 14.8 Å². The predicted octanol–water partition coefficient (Wildman–Crippen LogP) is 2.63. The third kappa shape index (κ3) is 6.36. The SMILES string of the molecule is CN(C)C[C@H](CNC(=O)Nc1ccc([N+](=O)[O-])cc1)[C@H](O)c1ccccc1. The van der Waals surface area contributed by atoms with Crippen LogP contribution >= 0.6 is 0 Å². The summed E-state index contributed by atoms with van der Waals surface area (Å²) in [6.45, 7) is 0.862. The fraction of sp³-hybridized carbons (Fsp3) is 0.316. The number of hydrogen-bond donors (Lipinski definition) is 3. The van der Waals surface area contributed by atoms with Gasteiger partial charge in [-0.1, -0.05) is 30.3 Å². The van der Waals surface area contributed by atoms with Crippen LogP contribution in [0.1, 0.15) is 11.7 Å². The number of carbonyl (C=O) groups is 1. The van der Waals surface area contributed by atoms with Crippen LogP contribution in [0.25, 0.3) is 0 Å². The van der Waals surface area contributed by atoms with E-state index in [1.807, 2.05) is 49.3 Å². The van der Waals surface area contributed by atoms with E-state index in [2.05, 4.69) is 10.6 Å². The van der Waals surface area contributed by atoms with Crippen LogP contribution in [0.2, 0.25) is 0 Å². The number of nitrogens with zero attached hydrogens (tertiary/aromatic N) is 2. The summed E-state index contributed by atoms with van der Waals surface area (Å²) in [7, 11) is 3.81. The quantitative estimate of drug-likeness (QED) is 0.488. The highest BCUT2D eigenvalue weighted by molar-refractivity contribution is 5.89. The molecule has 0 bridgehead atoms. The van der Waals surface area contributed by atoms with Crippen molar-refractivity contribution in [1.29, 1.82) is 0 Å². The first kappa shape index (κ1) is 20.3. The monoisotopic (exact) mass is 372 g/mol. The molecule has 0 aliphatic heterocycles. The predicted molar refractivity (Wildman–Crippen MR) is 104 cm³/mol. The Morgan fingerprint density at radius 2 is 1.78 bits per heavy atom. The Bertz CT molecular complexity index is 750. The number of aliphatic hydroxyl groups excluding tert-OH is 1. The number of amides is 2. The van der Waals surface area contributed by atoms with Crippen molar-refractivity contribution in [3.8, 4) is 0 Å². The fourth-order valence-corrected chi connectivity index (χ4v) is 2.73. The number of nitro groups is 1. The molecular weight excluding hydrogens is 348 g/mol. The van der Waals surface area contributed by atoms with Crippen LogP contribution < -0.4 is 10.6 Å². The molecule has 0 radical (unpaired) electrons. The molecule has 2 amide bonds. The highest BCUT2D eigenvalue weighted by atomic mass is 16.6. The minimum atomic E-state index is -0.715. The van der Waals surface area contributed by atoms with Crippen molar-refractivity contribution in [2.75, 3.05) is 32.5 Å². The van der Waals surface area contributed by atoms with Gasteiger partial charge in [-0.2, -0.15) is 0 Å². The lowest BCUT2D eigenvalue weighted by Crippen LogP contribution is -2.39. The highest BCUT2D eigenvalue weighted by Gasteiger charge is 2.22. The minimum Gasteiger partial charge on any atom is -0.388 e. The van der Waals surface area contributed by atoms with Gasteiger partial charge in [-0.05, 0) is 31.8 Å². The maximum absolute atomic E-state index is 12.1. The number of non-ortho nitro benzene ring substituents is 1. The second-order valence-corrected chi connectivity index (χ2v) is 6.52. The molecule has 3 N–H and O–H groups in total. The van der Waals surface area contributed by atoms with E-state index >= 15 is 0 Å². The summed E-state index contributed by atoms with van der Waals surface area (Å²) in [5.74, 6) is -0.204. The number of nitro benzene ring substituents is 1. The van der Waals surface area contributed by atoms with E-state index in [1.54, 1.807) is 0 Å². The standard InChI is InChI=1S/C19H24N4O4/c1-22(2)13-15(18(24)14-6-4-3-5-7-14)12-20-19(25)21-16-8-10-17(11-9-16)23(26)27/h3-11,15,18,24H,12-13H2,1-2H3,(H2,20,21,25)/t15-,18+/m0/s1. The molecule has 27 heavy (non-hydrogen) atoms. The normalized spacial score (nSPS) is 13.0. The van der Waals surface area contributed by atoms with E-state index in [4.69, 9.17) is 0 Å². The Morgan fingerprint density at radius 3 is 2.33 bits per heavy atom. The average molecular weight is 372 g/mol. The molecule has 2 rings (SSSR count). The first-order chi connectivity index (χ1) is 12.9. The molecular formula is C19H24N4O4. The second-order valence-electron chi connectivity index (χ2n) is 6.52. The van der Waals surface area contributed by atoms with Crippen molar-refractivity contribution in [1.82, 2.24) is 10.2 Å². The highest BCUT2D eigenvalue weighted by Crippen LogP contribution is 2.22. The molecule has 144 valence electrons. The molecule has 0 saturated carbocycles. The number of aliphatic hydroxyl groups is 1. The van der Waals surface area contributed by atoms with Crippen LogP contribution in [0.4, 0.5) is 16.2 Å². The van der Waals surface area contributed by atoms with Crippen LogP contribution in [-0.4, -0.2) is 48.1 Å². The van der Waals surface area contributed by atoms with Crippen LogP contribution in [0, 0.1) is 16.0 Å².